The molecule has 8 rings (SSSR count). The van der Waals surface area contributed by atoms with E-state index >= 15 is 0 Å². The zero-order chi connectivity index (χ0) is 45.2. The van der Waals surface area contributed by atoms with Crippen LogP contribution in [0.1, 0.15) is 120 Å². The van der Waals surface area contributed by atoms with Crippen LogP contribution in [-0.4, -0.2) is 117 Å². The topological polar surface area (TPSA) is 213 Å². The van der Waals surface area contributed by atoms with Crippen LogP contribution in [0.2, 0.25) is 0 Å². The summed E-state index contributed by atoms with van der Waals surface area (Å²) in [6.07, 6.45) is 0.314. The van der Waals surface area contributed by atoms with E-state index in [1.54, 1.807) is 56.6 Å². The molecule has 340 valence electrons. The van der Waals surface area contributed by atoms with Gasteiger partial charge in [0.2, 0.25) is 0 Å². The van der Waals surface area contributed by atoms with Gasteiger partial charge < -0.3 is 43.0 Å². The normalized spacial score (nSPS) is 29.8. The number of halogens is 1. The van der Waals surface area contributed by atoms with Gasteiger partial charge >= 0.3 is 12.2 Å². The fraction of sp³-hybridized carbons (Fsp3) is 0.667. The first-order valence-corrected chi connectivity index (χ1v) is 21.4. The minimum atomic E-state index is -0.877. The molecule has 3 N–H and O–H groups in total. The van der Waals surface area contributed by atoms with Gasteiger partial charge in [-0.3, -0.25) is 10.6 Å². The number of aliphatic hydroxyl groups excluding tert-OH is 1. The number of rotatable bonds is 8. The average Bonchev–Trinajstić information content (AvgIpc) is 4.01. The fourth-order valence-electron chi connectivity index (χ4n) is 8.41. The Kier molecular flexibility index (Phi) is 12.1. The zero-order valence-electron chi connectivity index (χ0n) is 37.3. The van der Waals surface area contributed by atoms with Crippen molar-refractivity contribution in [2.24, 2.45) is 0 Å². The van der Waals surface area contributed by atoms with Gasteiger partial charge in [0.05, 0.1) is 23.9 Å². The molecule has 0 bridgehead atoms. The van der Waals surface area contributed by atoms with E-state index in [2.05, 4.69) is 30.8 Å². The lowest BCUT2D eigenvalue weighted by molar-refractivity contribution is -0.218. The summed E-state index contributed by atoms with van der Waals surface area (Å²) in [6, 6.07) is 7.37. The third kappa shape index (κ3) is 8.82. The van der Waals surface area contributed by atoms with Gasteiger partial charge in [-0.25, -0.2) is 28.6 Å². The van der Waals surface area contributed by atoms with Gasteiger partial charge in [-0.1, -0.05) is 13.8 Å². The number of amides is 2. The van der Waals surface area contributed by atoms with Crippen molar-refractivity contribution in [2.75, 3.05) is 23.1 Å². The summed E-state index contributed by atoms with van der Waals surface area (Å²) in [6.45, 7) is 22.0. The highest BCUT2D eigenvalue weighted by Gasteiger charge is 2.64. The van der Waals surface area contributed by atoms with Crippen LogP contribution in [0.15, 0.2) is 36.9 Å². The number of alkyl halides is 1. The van der Waals surface area contributed by atoms with Gasteiger partial charge in [0.25, 0.3) is 0 Å². The predicted molar refractivity (Wildman–Crippen MR) is 225 cm³/mol. The lowest BCUT2D eigenvalue weighted by Gasteiger charge is -2.32. The molecule has 0 unspecified atom stereocenters. The lowest BCUT2D eigenvalue weighted by Crippen LogP contribution is -2.45. The first-order chi connectivity index (χ1) is 29.0. The quantitative estimate of drug-likeness (QED) is 0.154. The van der Waals surface area contributed by atoms with Crippen LogP contribution >= 0.6 is 11.6 Å². The van der Waals surface area contributed by atoms with E-state index in [0.717, 1.165) is 5.69 Å². The molecular formula is C42H59ClN8O11. The second-order valence-electron chi connectivity index (χ2n) is 18.8. The third-order valence-electron chi connectivity index (χ3n) is 11.1. The van der Waals surface area contributed by atoms with Crippen LogP contribution in [-0.2, 0) is 37.9 Å². The smallest absolute Gasteiger partial charge is 0.413 e. The van der Waals surface area contributed by atoms with Crippen molar-refractivity contribution in [3.8, 4) is 0 Å². The molecule has 0 saturated carbocycles. The average molecular weight is 887 g/mol. The number of hydrogen-bond acceptors (Lipinski definition) is 15. The highest BCUT2D eigenvalue weighted by atomic mass is 35.5. The Morgan fingerprint density at radius 1 is 0.694 bits per heavy atom. The number of nitrogens with one attached hydrogen (secondary N) is 2. The number of carbonyl (C=O) groups is 2. The monoisotopic (exact) mass is 886 g/mol. The van der Waals surface area contributed by atoms with E-state index in [1.165, 1.54) is 12.7 Å². The third-order valence-corrected chi connectivity index (χ3v) is 11.5. The van der Waals surface area contributed by atoms with Crippen molar-refractivity contribution in [1.29, 1.82) is 0 Å². The number of anilines is 2. The van der Waals surface area contributed by atoms with Gasteiger partial charge in [-0.2, -0.15) is 10.2 Å². The van der Waals surface area contributed by atoms with E-state index in [1.807, 2.05) is 59.7 Å². The summed E-state index contributed by atoms with van der Waals surface area (Å²) in [5, 5.41) is 24.2. The Balaban J connectivity index is 0.000000186. The van der Waals surface area contributed by atoms with Crippen LogP contribution in [0, 0.1) is 0 Å². The standard InChI is InChI=1S/C21H29ClN4O5.C21H30N4O6/c1-7-21(10-22)16-15(28-20(5,6)30-16)14(29-21)12-8-9-13-17(23-11-24-26(12)13)25-18(27)31-19(2,3)4;1-7-21(10-26)16-15(28-20(5,6)30-16)14(29-21)12-8-9-13-17(22-11-23-25(12)13)24-18(27)31-19(2,3)4/h8-9,11,14-16H,7,10H2,1-6H3,(H,23,24,25,27);8-9,11,14-16,26H,7,10H2,1-6H3,(H,22,23,24,27)/t2*14-,15-,16-,21-/m00/s1. The maximum absolute atomic E-state index is 12.2. The largest absolute Gasteiger partial charge is 0.444 e. The van der Waals surface area contributed by atoms with Crippen LogP contribution < -0.4 is 10.6 Å². The minimum Gasteiger partial charge on any atom is -0.444 e. The lowest BCUT2D eigenvalue weighted by atomic mass is 9.92. The maximum atomic E-state index is 12.2. The summed E-state index contributed by atoms with van der Waals surface area (Å²) >= 11 is 6.35. The summed E-state index contributed by atoms with van der Waals surface area (Å²) in [4.78, 5) is 32.9. The molecule has 0 spiro atoms. The number of hydrogen-bond donors (Lipinski definition) is 3. The molecule has 19 nitrogen and oxygen atoms in total. The van der Waals surface area contributed by atoms with Crippen molar-refractivity contribution >= 4 is 46.5 Å². The highest BCUT2D eigenvalue weighted by molar-refractivity contribution is 6.18. The zero-order valence-corrected chi connectivity index (χ0v) is 38.1. The fourth-order valence-corrected chi connectivity index (χ4v) is 8.81. The first-order valence-electron chi connectivity index (χ1n) is 20.9. The molecule has 20 heteroatoms. The van der Waals surface area contributed by atoms with Crippen LogP contribution in [0.3, 0.4) is 0 Å². The van der Waals surface area contributed by atoms with Gasteiger partial charge in [0.15, 0.2) is 23.2 Å². The predicted octanol–water partition coefficient (Wildman–Crippen LogP) is 6.86. The molecule has 62 heavy (non-hydrogen) atoms. The number of carbonyl (C=O) groups excluding carboxylic acids is 2. The summed E-state index contributed by atoms with van der Waals surface area (Å²) < 4.78 is 51.5. The number of aliphatic hydroxyl groups is 1. The molecule has 4 aromatic heterocycles. The van der Waals surface area contributed by atoms with Crippen LogP contribution in [0.25, 0.3) is 11.0 Å². The number of nitrogens with zero attached hydrogens (tertiary/aromatic N) is 6. The van der Waals surface area contributed by atoms with Crippen molar-refractivity contribution in [1.82, 2.24) is 29.2 Å². The van der Waals surface area contributed by atoms with Crippen molar-refractivity contribution in [3.63, 3.8) is 0 Å². The minimum absolute atomic E-state index is 0.190. The van der Waals surface area contributed by atoms with Crippen LogP contribution in [0.5, 0.6) is 0 Å². The Morgan fingerprint density at radius 2 is 1.10 bits per heavy atom. The van der Waals surface area contributed by atoms with E-state index in [-0.39, 0.29) is 24.7 Å². The van der Waals surface area contributed by atoms with Crippen molar-refractivity contribution < 1.29 is 52.6 Å². The maximum Gasteiger partial charge on any atom is 0.413 e. The van der Waals surface area contributed by atoms with Gasteiger partial charge in [0, 0.05) is 0 Å². The second-order valence-corrected chi connectivity index (χ2v) is 19.1. The molecule has 8 atom stereocenters. The Morgan fingerprint density at radius 3 is 1.47 bits per heavy atom. The van der Waals surface area contributed by atoms with Crippen molar-refractivity contribution in [3.05, 3.63) is 48.3 Å². The van der Waals surface area contributed by atoms with E-state index in [0.29, 0.717) is 41.2 Å². The second kappa shape index (κ2) is 16.4. The molecule has 4 aliphatic rings. The van der Waals surface area contributed by atoms with Crippen LogP contribution in [0.4, 0.5) is 21.2 Å². The molecule has 4 aliphatic heterocycles. The van der Waals surface area contributed by atoms with E-state index < -0.39 is 70.6 Å². The van der Waals surface area contributed by atoms with Gasteiger partial charge in [0.1, 0.15) is 82.7 Å². The SMILES string of the molecule is CC[C@@]1(CCl)O[C@@H](c2ccc3c(NC(=O)OC(C)(C)C)ncnn23)[C@@H]2OC(C)(C)O[C@@H]21.CC[C@@]1(CO)O[C@@H](c2ccc3c(NC(=O)OC(C)(C)C)ncnn23)[C@@H]2OC(C)(C)O[C@@H]21. The Bertz CT molecular complexity index is 2120. The molecule has 4 saturated heterocycles. The molecule has 0 radical (unpaired) electrons. The summed E-state index contributed by atoms with van der Waals surface area (Å²) in [5.74, 6) is -0.594. The molecule has 4 aromatic rings. The molecular weight excluding hydrogens is 828 g/mol. The number of ether oxygens (including phenoxy) is 8. The molecule has 0 aromatic carbocycles. The Hall–Kier alpha value is -4.21. The van der Waals surface area contributed by atoms with Gasteiger partial charge in [-0.05, 0) is 106 Å². The number of fused-ring (bicyclic) bond motifs is 4. The Labute approximate surface area is 365 Å². The van der Waals surface area contributed by atoms with E-state index in [9.17, 15) is 14.7 Å². The number of aromatic nitrogens is 6. The van der Waals surface area contributed by atoms with E-state index in [4.69, 9.17) is 49.5 Å². The van der Waals surface area contributed by atoms with Crippen molar-refractivity contribution in [2.45, 2.75) is 167 Å². The summed E-state index contributed by atoms with van der Waals surface area (Å²) in [7, 11) is 0. The van der Waals surface area contributed by atoms with Gasteiger partial charge in [-0.15, -0.1) is 11.6 Å². The summed E-state index contributed by atoms with van der Waals surface area (Å²) in [5.41, 5.74) is -0.122. The molecule has 8 heterocycles. The molecule has 4 fully saturated rings. The molecule has 2 amide bonds. The first kappa shape index (κ1) is 45.8. The molecule has 0 aliphatic carbocycles. The highest BCUT2D eigenvalue weighted by Crippen LogP contribution is 2.53.